The van der Waals surface area contributed by atoms with Gasteiger partial charge in [0.05, 0.1) is 6.04 Å². The maximum absolute atomic E-state index is 11.6. The highest BCUT2D eigenvalue weighted by atomic mass is 35.5. The predicted octanol–water partition coefficient (Wildman–Crippen LogP) is 1.41. The highest BCUT2D eigenvalue weighted by Gasteiger charge is 2.33. The highest BCUT2D eigenvalue weighted by Crippen LogP contribution is 2.33. The van der Waals surface area contributed by atoms with Gasteiger partial charge >= 0.3 is 0 Å². The van der Waals surface area contributed by atoms with E-state index in [9.17, 15) is 8.78 Å². The van der Waals surface area contributed by atoms with Crippen LogP contribution in [0.5, 0.6) is 0 Å². The van der Waals surface area contributed by atoms with Crippen LogP contribution in [0.15, 0.2) is 0 Å². The quantitative estimate of drug-likeness (QED) is 0.645. The number of alkyl halides is 2. The first-order valence-electron chi connectivity index (χ1n) is 2.75. The maximum Gasteiger partial charge on any atom is 0.253 e. The van der Waals surface area contributed by atoms with Crippen LogP contribution in [-0.2, 0) is 0 Å². The van der Waals surface area contributed by atoms with Gasteiger partial charge in [-0.15, -0.1) is 12.4 Å². The van der Waals surface area contributed by atoms with Gasteiger partial charge in [-0.3, -0.25) is 0 Å². The van der Waals surface area contributed by atoms with Gasteiger partial charge in [0.2, 0.25) is 0 Å². The summed E-state index contributed by atoms with van der Waals surface area (Å²) in [5.41, 5.74) is 5.07. The van der Waals surface area contributed by atoms with Crippen molar-refractivity contribution in [3.8, 4) is 0 Å². The molecule has 0 radical (unpaired) electrons. The van der Waals surface area contributed by atoms with E-state index < -0.39 is 12.5 Å². The third kappa shape index (κ3) is 2.45. The Morgan fingerprint density at radius 3 is 1.89 bits per heavy atom. The molecule has 1 nitrogen and oxygen atoms in total. The van der Waals surface area contributed by atoms with Crippen LogP contribution < -0.4 is 5.73 Å². The molecule has 1 saturated carbocycles. The van der Waals surface area contributed by atoms with Gasteiger partial charge in [0.25, 0.3) is 6.43 Å². The minimum Gasteiger partial charge on any atom is -0.323 e. The molecule has 0 heterocycles. The smallest absolute Gasteiger partial charge is 0.253 e. The molecule has 0 bridgehead atoms. The van der Waals surface area contributed by atoms with E-state index in [4.69, 9.17) is 5.73 Å². The lowest BCUT2D eigenvalue weighted by molar-refractivity contribution is 0.107. The summed E-state index contributed by atoms with van der Waals surface area (Å²) in [6.45, 7) is 0. The van der Waals surface area contributed by atoms with Crippen LogP contribution >= 0.6 is 12.4 Å². The van der Waals surface area contributed by atoms with Crippen LogP contribution in [0.4, 0.5) is 8.78 Å². The first-order chi connectivity index (χ1) is 3.72. The van der Waals surface area contributed by atoms with Gasteiger partial charge in [-0.1, -0.05) is 0 Å². The lowest BCUT2D eigenvalue weighted by Gasteiger charge is -2.05. The Balaban J connectivity index is 0.000000640. The summed E-state index contributed by atoms with van der Waals surface area (Å²) >= 11 is 0. The Morgan fingerprint density at radius 1 is 1.33 bits per heavy atom. The number of rotatable bonds is 2. The van der Waals surface area contributed by atoms with Crippen LogP contribution in [-0.4, -0.2) is 12.5 Å². The molecule has 1 atom stereocenters. The zero-order valence-corrected chi connectivity index (χ0v) is 5.70. The normalized spacial score (nSPS) is 21.3. The largest absolute Gasteiger partial charge is 0.323 e. The van der Waals surface area contributed by atoms with Gasteiger partial charge < -0.3 is 5.73 Å². The zero-order valence-electron chi connectivity index (χ0n) is 4.89. The second kappa shape index (κ2) is 3.32. The van der Waals surface area contributed by atoms with Gasteiger partial charge in [0.1, 0.15) is 0 Å². The third-order valence-electron chi connectivity index (χ3n) is 1.46. The average molecular weight is 158 g/mol. The van der Waals surface area contributed by atoms with Crippen LogP contribution in [0.25, 0.3) is 0 Å². The topological polar surface area (TPSA) is 26.0 Å². The van der Waals surface area contributed by atoms with E-state index in [1.165, 1.54) is 0 Å². The van der Waals surface area contributed by atoms with Crippen molar-refractivity contribution < 1.29 is 8.78 Å². The fourth-order valence-corrected chi connectivity index (χ4v) is 0.687. The molecule has 4 heteroatoms. The molecule has 1 rings (SSSR count). The summed E-state index contributed by atoms with van der Waals surface area (Å²) in [5, 5.41) is 0. The molecule has 0 amide bonds. The fraction of sp³-hybridized carbons (Fsp3) is 1.00. The summed E-state index contributed by atoms with van der Waals surface area (Å²) in [5.74, 6) is 0.120. The van der Waals surface area contributed by atoms with Crippen molar-refractivity contribution in [2.24, 2.45) is 11.7 Å². The predicted molar refractivity (Wildman–Crippen MR) is 34.0 cm³/mol. The van der Waals surface area contributed by atoms with Crippen molar-refractivity contribution in [3.63, 3.8) is 0 Å². The van der Waals surface area contributed by atoms with Crippen molar-refractivity contribution in [3.05, 3.63) is 0 Å². The number of halogens is 3. The van der Waals surface area contributed by atoms with Crippen LogP contribution in [0.2, 0.25) is 0 Å². The van der Waals surface area contributed by atoms with Crippen molar-refractivity contribution in [2.75, 3.05) is 0 Å². The second-order valence-corrected chi connectivity index (χ2v) is 2.25. The van der Waals surface area contributed by atoms with Gasteiger partial charge in [0.15, 0.2) is 0 Å². The lowest BCUT2D eigenvalue weighted by atomic mass is 10.2. The average Bonchev–Trinajstić information content (AvgIpc) is 2.43. The van der Waals surface area contributed by atoms with Crippen molar-refractivity contribution >= 4 is 12.4 Å². The molecule has 1 aliphatic rings. The monoisotopic (exact) mass is 157 g/mol. The fourth-order valence-electron chi connectivity index (χ4n) is 0.687. The molecule has 0 aromatic rings. The van der Waals surface area contributed by atoms with E-state index >= 15 is 0 Å². The molecule has 0 spiro atoms. The first-order valence-corrected chi connectivity index (χ1v) is 2.75. The van der Waals surface area contributed by atoms with E-state index in [-0.39, 0.29) is 18.3 Å². The molecule has 2 N–H and O–H groups in total. The lowest BCUT2D eigenvalue weighted by Crippen LogP contribution is -2.30. The van der Waals surface area contributed by atoms with Gasteiger partial charge in [-0.05, 0) is 18.8 Å². The Labute approximate surface area is 59.0 Å². The first kappa shape index (κ1) is 9.11. The molecule has 0 aromatic carbocycles. The minimum absolute atomic E-state index is 0. The Hall–Kier alpha value is 0.110. The number of hydrogen-bond acceptors (Lipinski definition) is 1. The molecular formula is C5H10ClF2N. The summed E-state index contributed by atoms with van der Waals surface area (Å²) in [6, 6.07) is -0.852. The maximum atomic E-state index is 11.6. The second-order valence-electron chi connectivity index (χ2n) is 2.25. The number of nitrogens with two attached hydrogens (primary N) is 1. The molecule has 9 heavy (non-hydrogen) atoms. The summed E-state index contributed by atoms with van der Waals surface area (Å²) in [6.07, 6.45) is -0.528. The van der Waals surface area contributed by atoms with Crippen LogP contribution in [0.1, 0.15) is 12.8 Å². The van der Waals surface area contributed by atoms with Crippen molar-refractivity contribution in [1.29, 1.82) is 0 Å². The van der Waals surface area contributed by atoms with E-state index in [1.807, 2.05) is 0 Å². The van der Waals surface area contributed by atoms with E-state index in [2.05, 4.69) is 0 Å². The van der Waals surface area contributed by atoms with Gasteiger partial charge in [-0.2, -0.15) is 0 Å². The number of hydrogen-bond donors (Lipinski definition) is 1. The Bertz CT molecular complexity index is 83.0. The molecule has 56 valence electrons. The minimum atomic E-state index is -2.32. The molecule has 1 aliphatic carbocycles. The van der Waals surface area contributed by atoms with Gasteiger partial charge in [0, 0.05) is 0 Å². The molecule has 0 saturated heterocycles. The Kier molecular flexibility index (Phi) is 3.36. The van der Waals surface area contributed by atoms with Crippen LogP contribution in [0.3, 0.4) is 0 Å². The van der Waals surface area contributed by atoms with Crippen LogP contribution in [0, 0.1) is 5.92 Å². The standard InChI is InChI=1S/C5H9F2N.ClH/c6-5(7)4(8)3-1-2-3;/h3-5H,1-2,8H2;1H/t4-;/m0./s1. The van der Waals surface area contributed by atoms with E-state index in [1.54, 1.807) is 0 Å². The third-order valence-corrected chi connectivity index (χ3v) is 1.46. The van der Waals surface area contributed by atoms with Crippen molar-refractivity contribution in [1.82, 2.24) is 0 Å². The SMILES string of the molecule is Cl.N[C@H](C(F)F)C1CC1. The summed E-state index contributed by atoms with van der Waals surface area (Å²) in [4.78, 5) is 0. The summed E-state index contributed by atoms with van der Waals surface area (Å²) < 4.78 is 23.2. The Morgan fingerprint density at radius 2 is 1.78 bits per heavy atom. The van der Waals surface area contributed by atoms with E-state index in [0.717, 1.165) is 12.8 Å². The molecule has 0 aromatic heterocycles. The molecule has 0 unspecified atom stereocenters. The highest BCUT2D eigenvalue weighted by molar-refractivity contribution is 5.85. The zero-order chi connectivity index (χ0) is 6.15. The molecule has 1 fully saturated rings. The van der Waals surface area contributed by atoms with Gasteiger partial charge in [-0.25, -0.2) is 8.78 Å². The van der Waals surface area contributed by atoms with Crippen molar-refractivity contribution in [2.45, 2.75) is 25.3 Å². The van der Waals surface area contributed by atoms with E-state index in [0.29, 0.717) is 0 Å². The summed E-state index contributed by atoms with van der Waals surface area (Å²) in [7, 11) is 0. The molecular weight excluding hydrogens is 148 g/mol. The molecule has 0 aliphatic heterocycles.